The maximum absolute atomic E-state index is 12.9. The van der Waals surface area contributed by atoms with Gasteiger partial charge in [0.1, 0.15) is 4.90 Å². The molecule has 3 rings (SSSR count). The van der Waals surface area contributed by atoms with Crippen LogP contribution < -0.4 is 0 Å². The molecule has 0 saturated carbocycles. The van der Waals surface area contributed by atoms with Crippen molar-refractivity contribution >= 4 is 49.0 Å². The number of sulfone groups is 1. The Morgan fingerprint density at radius 3 is 2.39 bits per heavy atom. The zero-order chi connectivity index (χ0) is 20.7. The van der Waals surface area contributed by atoms with Crippen LogP contribution in [-0.4, -0.2) is 69.6 Å². The fraction of sp³-hybridized carbons (Fsp3) is 0.588. The Morgan fingerprint density at radius 2 is 1.82 bits per heavy atom. The molecular weight excluding hydrogens is 447 g/mol. The van der Waals surface area contributed by atoms with Crippen molar-refractivity contribution in [3.8, 4) is 0 Å². The molecule has 156 valence electrons. The molecule has 28 heavy (non-hydrogen) atoms. The van der Waals surface area contributed by atoms with Crippen LogP contribution in [-0.2, 0) is 24.7 Å². The molecule has 0 aromatic heterocycles. The van der Waals surface area contributed by atoms with Gasteiger partial charge in [0.15, 0.2) is 9.84 Å². The van der Waals surface area contributed by atoms with E-state index in [0.29, 0.717) is 19.3 Å². The van der Waals surface area contributed by atoms with Crippen LogP contribution in [0.1, 0.15) is 19.3 Å². The van der Waals surface area contributed by atoms with Gasteiger partial charge in [0.2, 0.25) is 15.9 Å². The predicted octanol–water partition coefficient (Wildman–Crippen LogP) is 2.04. The van der Waals surface area contributed by atoms with Gasteiger partial charge in [-0.2, -0.15) is 4.31 Å². The number of carbonyl (C=O) groups is 1. The van der Waals surface area contributed by atoms with E-state index in [1.807, 2.05) is 0 Å². The van der Waals surface area contributed by atoms with E-state index in [-0.39, 0.29) is 57.4 Å². The molecule has 0 aliphatic carbocycles. The van der Waals surface area contributed by atoms with Crippen LogP contribution in [0, 0.1) is 5.92 Å². The summed E-state index contributed by atoms with van der Waals surface area (Å²) in [5, 5.41) is 0.381. The molecule has 1 atom stereocenters. The zero-order valence-corrected chi connectivity index (χ0v) is 18.5. The molecule has 0 unspecified atom stereocenters. The van der Waals surface area contributed by atoms with Crippen molar-refractivity contribution in [1.29, 1.82) is 0 Å². The third-order valence-electron chi connectivity index (χ3n) is 5.42. The summed E-state index contributed by atoms with van der Waals surface area (Å²) in [6, 6.07) is 3.99. The summed E-state index contributed by atoms with van der Waals surface area (Å²) in [4.78, 5) is 14.2. The van der Waals surface area contributed by atoms with Gasteiger partial charge in [0, 0.05) is 37.1 Å². The monoisotopic (exact) mass is 468 g/mol. The first-order valence-electron chi connectivity index (χ1n) is 8.93. The summed E-state index contributed by atoms with van der Waals surface area (Å²) in [7, 11) is -5.25. The van der Waals surface area contributed by atoms with Gasteiger partial charge in [0.05, 0.1) is 16.5 Å². The average molecular weight is 469 g/mol. The van der Waals surface area contributed by atoms with Crippen molar-refractivity contribution in [2.45, 2.75) is 30.2 Å². The van der Waals surface area contributed by atoms with Crippen molar-refractivity contribution < 1.29 is 21.6 Å². The minimum absolute atomic E-state index is 0.00424. The van der Waals surface area contributed by atoms with Crippen LogP contribution in [0.25, 0.3) is 0 Å². The lowest BCUT2D eigenvalue weighted by Gasteiger charge is -2.34. The van der Waals surface area contributed by atoms with Crippen molar-refractivity contribution in [3.05, 3.63) is 28.2 Å². The number of hydrogen-bond acceptors (Lipinski definition) is 5. The number of halogens is 2. The number of piperidine rings is 1. The number of sulfonamides is 1. The number of nitrogens with zero attached hydrogens (tertiary/aromatic N) is 2. The van der Waals surface area contributed by atoms with Gasteiger partial charge in [-0.3, -0.25) is 4.79 Å². The predicted molar refractivity (Wildman–Crippen MR) is 108 cm³/mol. The molecular formula is C17H22Cl2N2O5S2. The maximum Gasteiger partial charge on any atom is 0.244 e. The Bertz CT molecular complexity index is 973. The van der Waals surface area contributed by atoms with Crippen LogP contribution in [0.5, 0.6) is 0 Å². The number of benzene rings is 1. The van der Waals surface area contributed by atoms with E-state index in [4.69, 9.17) is 23.2 Å². The van der Waals surface area contributed by atoms with Crippen molar-refractivity contribution in [3.63, 3.8) is 0 Å². The highest BCUT2D eigenvalue weighted by atomic mass is 35.5. The number of rotatable bonds is 4. The summed E-state index contributed by atoms with van der Waals surface area (Å²) in [5.74, 6) is -0.350. The van der Waals surface area contributed by atoms with E-state index in [0.717, 1.165) is 0 Å². The lowest BCUT2D eigenvalue weighted by atomic mass is 9.96. The summed E-state index contributed by atoms with van der Waals surface area (Å²) in [6.45, 7) is 0.386. The SMILES string of the molecule is CN(C(=O)C1CCN(S(=O)(=O)c2cc(Cl)ccc2Cl)CC1)[C@@H]1CCS(=O)(=O)C1. The topological polar surface area (TPSA) is 91.8 Å². The molecule has 2 heterocycles. The highest BCUT2D eigenvalue weighted by Crippen LogP contribution is 2.31. The van der Waals surface area contributed by atoms with Gasteiger partial charge in [0.25, 0.3) is 0 Å². The fourth-order valence-electron chi connectivity index (χ4n) is 3.71. The molecule has 7 nitrogen and oxygen atoms in total. The minimum atomic E-state index is -3.80. The Kier molecular flexibility index (Phi) is 6.32. The first kappa shape index (κ1) is 21.8. The number of amides is 1. The Balaban J connectivity index is 1.65. The van der Waals surface area contributed by atoms with E-state index in [9.17, 15) is 21.6 Å². The van der Waals surface area contributed by atoms with Crippen molar-refractivity contribution in [1.82, 2.24) is 9.21 Å². The third kappa shape index (κ3) is 4.48. The normalized spacial score (nSPS) is 23.6. The maximum atomic E-state index is 12.9. The molecule has 0 N–H and O–H groups in total. The highest BCUT2D eigenvalue weighted by Gasteiger charge is 2.38. The minimum Gasteiger partial charge on any atom is -0.341 e. The van der Waals surface area contributed by atoms with Gasteiger partial charge in [-0.15, -0.1) is 0 Å². The second-order valence-electron chi connectivity index (χ2n) is 7.26. The van der Waals surface area contributed by atoms with Gasteiger partial charge < -0.3 is 4.90 Å². The molecule has 11 heteroatoms. The molecule has 2 fully saturated rings. The second-order valence-corrected chi connectivity index (χ2v) is 12.2. The summed E-state index contributed by atoms with van der Waals surface area (Å²) < 4.78 is 50.4. The van der Waals surface area contributed by atoms with E-state index >= 15 is 0 Å². The van der Waals surface area contributed by atoms with E-state index in [1.165, 1.54) is 27.4 Å². The second kappa shape index (κ2) is 8.10. The Hall–Kier alpha value is -0.870. The molecule has 0 bridgehead atoms. The Morgan fingerprint density at radius 1 is 1.18 bits per heavy atom. The van der Waals surface area contributed by atoms with Crippen molar-refractivity contribution in [2.24, 2.45) is 5.92 Å². The third-order valence-corrected chi connectivity index (χ3v) is 9.78. The number of hydrogen-bond donors (Lipinski definition) is 0. The molecule has 0 spiro atoms. The first-order valence-corrected chi connectivity index (χ1v) is 13.0. The molecule has 2 aliphatic rings. The van der Waals surface area contributed by atoms with E-state index < -0.39 is 19.9 Å². The van der Waals surface area contributed by atoms with E-state index in [1.54, 1.807) is 7.05 Å². The van der Waals surface area contributed by atoms with Crippen molar-refractivity contribution in [2.75, 3.05) is 31.6 Å². The van der Waals surface area contributed by atoms with Crippen LogP contribution in [0.15, 0.2) is 23.1 Å². The molecule has 2 saturated heterocycles. The quantitative estimate of drug-likeness (QED) is 0.673. The summed E-state index contributed by atoms with van der Waals surface area (Å²) >= 11 is 12.0. The van der Waals surface area contributed by atoms with Gasteiger partial charge >= 0.3 is 0 Å². The van der Waals surface area contributed by atoms with Crippen LogP contribution >= 0.6 is 23.2 Å². The molecule has 1 aromatic rings. The van der Waals surface area contributed by atoms with E-state index in [2.05, 4.69) is 0 Å². The smallest absolute Gasteiger partial charge is 0.244 e. The summed E-state index contributed by atoms with van der Waals surface area (Å²) in [6.07, 6.45) is 1.20. The highest BCUT2D eigenvalue weighted by molar-refractivity contribution is 7.91. The number of carbonyl (C=O) groups excluding carboxylic acids is 1. The molecule has 0 radical (unpaired) electrons. The lowest BCUT2D eigenvalue weighted by molar-refractivity contribution is -0.137. The van der Waals surface area contributed by atoms with Crippen LogP contribution in [0.3, 0.4) is 0 Å². The lowest BCUT2D eigenvalue weighted by Crippen LogP contribution is -2.46. The largest absolute Gasteiger partial charge is 0.341 e. The average Bonchev–Trinajstić information content (AvgIpc) is 3.02. The fourth-order valence-corrected chi connectivity index (χ4v) is 7.69. The van der Waals surface area contributed by atoms with Crippen LogP contribution in [0.4, 0.5) is 0 Å². The zero-order valence-electron chi connectivity index (χ0n) is 15.3. The van der Waals surface area contributed by atoms with Gasteiger partial charge in [-0.05, 0) is 37.5 Å². The van der Waals surface area contributed by atoms with Crippen LogP contribution in [0.2, 0.25) is 10.0 Å². The first-order chi connectivity index (χ1) is 13.0. The molecule has 1 aromatic carbocycles. The Labute approximate surface area is 175 Å². The standard InChI is InChI=1S/C17H22Cl2N2O5S2/c1-20(14-6-9-27(23,24)11-14)17(22)12-4-7-21(8-5-12)28(25,26)16-10-13(18)2-3-15(16)19/h2-3,10,12,14H,4-9,11H2,1H3/t14-/m1/s1. The summed E-state index contributed by atoms with van der Waals surface area (Å²) in [5.41, 5.74) is 0. The molecule has 2 aliphatic heterocycles. The molecule has 1 amide bonds. The van der Waals surface area contributed by atoms with Gasteiger partial charge in [-0.25, -0.2) is 16.8 Å². The van der Waals surface area contributed by atoms with Gasteiger partial charge in [-0.1, -0.05) is 23.2 Å².